The predicted octanol–water partition coefficient (Wildman–Crippen LogP) is 4.21. The van der Waals surface area contributed by atoms with Gasteiger partial charge in [0.1, 0.15) is 8.07 Å². The van der Waals surface area contributed by atoms with E-state index in [-0.39, 0.29) is 0 Å². The molecule has 0 aliphatic heterocycles. The first-order chi connectivity index (χ1) is 7.44. The second-order valence-electron chi connectivity index (χ2n) is 5.11. The highest BCUT2D eigenvalue weighted by atomic mass is 28.3. The molecule has 0 heterocycles. The van der Waals surface area contributed by atoms with Gasteiger partial charge in [0.25, 0.3) is 0 Å². The molecule has 0 amide bonds. The van der Waals surface area contributed by atoms with Crippen LogP contribution in [0.25, 0.3) is 0 Å². The highest BCUT2D eigenvalue weighted by molar-refractivity contribution is 6.83. The topological polar surface area (TPSA) is 0 Å². The summed E-state index contributed by atoms with van der Waals surface area (Å²) in [5.41, 5.74) is 5.84. The fourth-order valence-electron chi connectivity index (χ4n) is 1.39. The molecule has 0 aliphatic rings. The van der Waals surface area contributed by atoms with Gasteiger partial charge in [0.2, 0.25) is 0 Å². The molecule has 0 aromatic heterocycles. The van der Waals surface area contributed by atoms with Gasteiger partial charge in [-0.1, -0.05) is 56.8 Å². The third kappa shape index (κ3) is 3.71. The first-order valence-corrected chi connectivity index (χ1v) is 9.18. The summed E-state index contributed by atoms with van der Waals surface area (Å²) in [6, 6.07) is 8.35. The molecule has 1 rings (SSSR count). The van der Waals surface area contributed by atoms with E-state index in [0.717, 1.165) is 5.56 Å². The van der Waals surface area contributed by atoms with E-state index in [1.807, 2.05) is 12.1 Å². The lowest BCUT2D eigenvalue weighted by Crippen LogP contribution is -2.16. The van der Waals surface area contributed by atoms with Crippen LogP contribution in [0.15, 0.2) is 36.9 Å². The molecule has 84 valence electrons. The summed E-state index contributed by atoms with van der Waals surface area (Å²) in [4.78, 5) is 0. The standard InChI is InChI=1S/C15H20Si/c1-6-13(2)15-10-8-7-9-14(15)11-12-16(3,4)5/h6-10,13H,1H2,2-5H3. The van der Waals surface area contributed by atoms with Gasteiger partial charge in [-0.25, -0.2) is 0 Å². The van der Waals surface area contributed by atoms with Crippen molar-refractivity contribution in [3.8, 4) is 11.5 Å². The van der Waals surface area contributed by atoms with Crippen LogP contribution >= 0.6 is 0 Å². The van der Waals surface area contributed by atoms with E-state index in [4.69, 9.17) is 0 Å². The SMILES string of the molecule is C=CC(C)c1ccccc1C#C[Si](C)(C)C. The predicted molar refractivity (Wildman–Crippen MR) is 75.3 cm³/mol. The zero-order valence-corrected chi connectivity index (χ0v) is 11.7. The molecule has 0 N–H and O–H groups in total. The molecule has 0 nitrogen and oxygen atoms in total. The smallest absolute Gasteiger partial charge is 0.127 e. The normalized spacial score (nSPS) is 12.5. The van der Waals surface area contributed by atoms with Gasteiger partial charge >= 0.3 is 0 Å². The Balaban J connectivity index is 3.13. The minimum Gasteiger partial charge on any atom is -0.127 e. The van der Waals surface area contributed by atoms with Crippen LogP contribution in [0.4, 0.5) is 0 Å². The fourth-order valence-corrected chi connectivity index (χ4v) is 1.90. The Morgan fingerprint density at radius 1 is 1.25 bits per heavy atom. The maximum absolute atomic E-state index is 3.85. The van der Waals surface area contributed by atoms with Crippen molar-refractivity contribution in [2.75, 3.05) is 0 Å². The number of hydrogen-bond donors (Lipinski definition) is 0. The number of rotatable bonds is 2. The monoisotopic (exact) mass is 228 g/mol. The van der Waals surface area contributed by atoms with Gasteiger partial charge in [-0.3, -0.25) is 0 Å². The zero-order valence-electron chi connectivity index (χ0n) is 10.7. The molecule has 0 aliphatic carbocycles. The van der Waals surface area contributed by atoms with Crippen molar-refractivity contribution < 1.29 is 0 Å². The maximum Gasteiger partial charge on any atom is 0.129 e. The van der Waals surface area contributed by atoms with Gasteiger partial charge < -0.3 is 0 Å². The fraction of sp³-hybridized carbons (Fsp3) is 0.333. The molecular weight excluding hydrogens is 208 g/mol. The molecule has 1 aromatic carbocycles. The second kappa shape index (κ2) is 5.18. The molecule has 0 saturated carbocycles. The van der Waals surface area contributed by atoms with Crippen LogP contribution < -0.4 is 0 Å². The van der Waals surface area contributed by atoms with Gasteiger partial charge in [0.15, 0.2) is 0 Å². The molecule has 1 unspecified atom stereocenters. The quantitative estimate of drug-likeness (QED) is 0.404. The Labute approximate surface area is 100 Å². The van der Waals surface area contributed by atoms with Crippen molar-refractivity contribution in [2.45, 2.75) is 32.5 Å². The molecule has 1 atom stereocenters. The largest absolute Gasteiger partial charge is 0.129 e. The molecule has 0 saturated heterocycles. The van der Waals surface area contributed by atoms with Gasteiger partial charge in [-0.15, -0.1) is 12.1 Å². The highest BCUT2D eigenvalue weighted by Crippen LogP contribution is 2.19. The van der Waals surface area contributed by atoms with Gasteiger partial charge in [0, 0.05) is 5.56 Å². The van der Waals surface area contributed by atoms with E-state index in [1.54, 1.807) is 0 Å². The molecule has 0 spiro atoms. The molecule has 16 heavy (non-hydrogen) atoms. The summed E-state index contributed by atoms with van der Waals surface area (Å²) in [6.07, 6.45) is 1.97. The minimum absolute atomic E-state index is 0.368. The Hall–Kier alpha value is -1.26. The average molecular weight is 228 g/mol. The Morgan fingerprint density at radius 3 is 2.44 bits per heavy atom. The summed E-state index contributed by atoms with van der Waals surface area (Å²) in [5, 5.41) is 0. The number of benzene rings is 1. The molecule has 0 bridgehead atoms. The Morgan fingerprint density at radius 2 is 1.88 bits per heavy atom. The highest BCUT2D eigenvalue weighted by Gasteiger charge is 2.09. The average Bonchev–Trinajstić information content (AvgIpc) is 2.25. The maximum atomic E-state index is 3.85. The summed E-state index contributed by atoms with van der Waals surface area (Å²) in [6.45, 7) is 12.8. The number of allylic oxidation sites excluding steroid dienone is 1. The van der Waals surface area contributed by atoms with E-state index >= 15 is 0 Å². The molecule has 0 radical (unpaired) electrons. The van der Waals surface area contributed by atoms with Crippen LogP contribution in [0, 0.1) is 11.5 Å². The molecule has 0 fully saturated rings. The van der Waals surface area contributed by atoms with Crippen molar-refractivity contribution in [2.24, 2.45) is 0 Å². The minimum atomic E-state index is -1.29. The summed E-state index contributed by atoms with van der Waals surface area (Å²) >= 11 is 0. The Bertz CT molecular complexity index is 427. The third-order valence-electron chi connectivity index (χ3n) is 2.38. The molecule has 1 aromatic rings. The first-order valence-electron chi connectivity index (χ1n) is 5.68. The summed E-state index contributed by atoms with van der Waals surface area (Å²) in [5.74, 6) is 3.70. The van der Waals surface area contributed by atoms with E-state index in [0.29, 0.717) is 5.92 Å². The zero-order chi connectivity index (χ0) is 12.2. The van der Waals surface area contributed by atoms with Crippen LogP contribution in [0.5, 0.6) is 0 Å². The van der Waals surface area contributed by atoms with Crippen molar-refractivity contribution in [3.05, 3.63) is 48.0 Å². The van der Waals surface area contributed by atoms with Crippen LogP contribution in [-0.2, 0) is 0 Å². The van der Waals surface area contributed by atoms with Gasteiger partial charge in [-0.05, 0) is 17.5 Å². The lowest BCUT2D eigenvalue weighted by atomic mass is 9.96. The van der Waals surface area contributed by atoms with E-state index < -0.39 is 8.07 Å². The lowest BCUT2D eigenvalue weighted by molar-refractivity contribution is 0.966. The van der Waals surface area contributed by atoms with Crippen molar-refractivity contribution >= 4 is 8.07 Å². The third-order valence-corrected chi connectivity index (χ3v) is 3.25. The first kappa shape index (κ1) is 12.8. The summed E-state index contributed by atoms with van der Waals surface area (Å²) in [7, 11) is -1.29. The van der Waals surface area contributed by atoms with Crippen molar-refractivity contribution in [1.82, 2.24) is 0 Å². The van der Waals surface area contributed by atoms with Gasteiger partial charge in [0.05, 0.1) is 0 Å². The van der Waals surface area contributed by atoms with E-state index in [1.165, 1.54) is 5.56 Å². The van der Waals surface area contributed by atoms with Crippen LogP contribution in [0.3, 0.4) is 0 Å². The lowest BCUT2D eigenvalue weighted by Gasteiger charge is -2.09. The van der Waals surface area contributed by atoms with Crippen LogP contribution in [-0.4, -0.2) is 8.07 Å². The van der Waals surface area contributed by atoms with E-state index in [2.05, 4.69) is 62.8 Å². The van der Waals surface area contributed by atoms with Crippen LogP contribution in [0.1, 0.15) is 24.0 Å². The van der Waals surface area contributed by atoms with Gasteiger partial charge in [-0.2, -0.15) is 0 Å². The molecule has 1 heteroatoms. The van der Waals surface area contributed by atoms with E-state index in [9.17, 15) is 0 Å². The van der Waals surface area contributed by atoms with Crippen molar-refractivity contribution in [1.29, 1.82) is 0 Å². The summed E-state index contributed by atoms with van der Waals surface area (Å²) < 4.78 is 0. The van der Waals surface area contributed by atoms with Crippen LogP contribution in [0.2, 0.25) is 19.6 Å². The van der Waals surface area contributed by atoms with Crippen molar-refractivity contribution in [3.63, 3.8) is 0 Å². The number of hydrogen-bond acceptors (Lipinski definition) is 0. The Kier molecular flexibility index (Phi) is 4.15. The second-order valence-corrected chi connectivity index (χ2v) is 9.86. The molecular formula is C15H20Si.